The molecule has 0 N–H and O–H groups in total. The topological polar surface area (TPSA) is 47.6 Å². The molecule has 6 rings (SSSR count). The minimum atomic E-state index is -6.00. The van der Waals surface area contributed by atoms with Gasteiger partial charge < -0.3 is 17.3 Å². The summed E-state index contributed by atoms with van der Waals surface area (Å²) in [6.45, 7) is 0. The number of hydrogen-bond acceptors (Lipinski definition) is 2. The van der Waals surface area contributed by atoms with Crippen molar-refractivity contribution in [3.8, 4) is 12.1 Å². The Morgan fingerprint density at radius 1 is 0.392 bits per heavy atom. The van der Waals surface area contributed by atoms with Crippen LogP contribution in [0.1, 0.15) is 17.5 Å². The van der Waals surface area contributed by atoms with Gasteiger partial charge in [0.15, 0.2) is 0 Å². The Labute approximate surface area is 315 Å². The predicted molar refractivity (Wildman–Crippen MR) is 208 cm³/mol. The Kier molecular flexibility index (Phi) is 20.7. The van der Waals surface area contributed by atoms with E-state index in [4.69, 9.17) is 10.5 Å². The van der Waals surface area contributed by atoms with E-state index in [1.807, 2.05) is 48.5 Å². The Morgan fingerprint density at radius 2 is 0.588 bits per heavy atom. The molecule has 0 atom stereocenters. The third-order valence-electron chi connectivity index (χ3n) is 7.15. The van der Waals surface area contributed by atoms with Gasteiger partial charge in [0.25, 0.3) is 0 Å². The molecule has 6 aromatic carbocycles. The molecule has 0 aliphatic heterocycles. The number of benzene rings is 6. The van der Waals surface area contributed by atoms with E-state index in [-0.39, 0.29) is 20.4 Å². The van der Waals surface area contributed by atoms with E-state index < -0.39 is 23.1 Å². The van der Waals surface area contributed by atoms with Crippen LogP contribution in [0.2, 0.25) is 0 Å². The van der Waals surface area contributed by atoms with Crippen LogP contribution in [0.25, 0.3) is 0 Å². The molecule has 0 aliphatic carbocycles. The van der Waals surface area contributed by atoms with Crippen LogP contribution in [-0.4, -0.2) is 19.6 Å². The van der Waals surface area contributed by atoms with Crippen LogP contribution in [0, 0.1) is 22.7 Å². The molecule has 6 aromatic rings. The van der Waals surface area contributed by atoms with Gasteiger partial charge in [-0.3, -0.25) is 0 Å². The van der Waals surface area contributed by atoms with Gasteiger partial charge in [-0.2, -0.15) is 10.5 Å². The Bertz CT molecular complexity index is 1630. The average molecular weight is 814 g/mol. The number of hydrogen-bond donors (Lipinski definition) is 0. The Hall–Kier alpha value is -4.39. The third-order valence-corrected chi connectivity index (χ3v) is 13.0. The van der Waals surface area contributed by atoms with Crippen LogP contribution in [-0.2, 0) is 20.4 Å². The summed E-state index contributed by atoms with van der Waals surface area (Å²) in [5.41, 5.74) is 1.43. The Morgan fingerprint density at radius 3 is 0.765 bits per heavy atom. The zero-order valence-corrected chi connectivity index (χ0v) is 31.3. The van der Waals surface area contributed by atoms with Crippen LogP contribution in [0.5, 0.6) is 0 Å². The maximum absolute atomic E-state index is 9.75. The molecule has 262 valence electrons. The van der Waals surface area contributed by atoms with Crippen molar-refractivity contribution in [2.24, 2.45) is 0 Å². The van der Waals surface area contributed by atoms with Gasteiger partial charge in [0.1, 0.15) is 0 Å². The fraction of sp³-hybridized carbons (Fsp3) is 0.0732. The van der Waals surface area contributed by atoms with Crippen LogP contribution in [0.15, 0.2) is 182 Å². The first kappa shape index (κ1) is 42.8. The van der Waals surface area contributed by atoms with Crippen LogP contribution in [0.4, 0.5) is 17.3 Å². The van der Waals surface area contributed by atoms with Gasteiger partial charge in [-0.1, -0.05) is 109 Å². The second kappa shape index (κ2) is 24.7. The zero-order valence-electron chi connectivity index (χ0n) is 27.7. The summed E-state index contributed by atoms with van der Waals surface area (Å²) in [4.78, 5) is 0. The van der Waals surface area contributed by atoms with Gasteiger partial charge in [0.05, 0.1) is 72.7 Å². The minimum Gasteiger partial charge on any atom is -0.418 e. The number of nitriles is 2. The normalized spacial score (nSPS) is 9.96. The summed E-state index contributed by atoms with van der Waals surface area (Å²) in [5, 5.41) is 22.7. The second-order valence-electron chi connectivity index (χ2n) is 10.7. The van der Waals surface area contributed by atoms with Crippen molar-refractivity contribution in [2.75, 3.05) is 12.3 Å². The summed E-state index contributed by atoms with van der Waals surface area (Å²) in [5.74, 6) is 0. The van der Waals surface area contributed by atoms with Crippen molar-refractivity contribution in [1.82, 2.24) is 0 Å². The fourth-order valence-corrected chi connectivity index (χ4v) is 10.6. The summed E-state index contributed by atoms with van der Waals surface area (Å²) >= 11 is 0. The molecule has 0 radical (unpaired) electrons. The van der Waals surface area contributed by atoms with Crippen molar-refractivity contribution in [2.45, 2.75) is 6.42 Å². The van der Waals surface area contributed by atoms with Gasteiger partial charge >= 0.3 is 7.25 Å². The van der Waals surface area contributed by atoms with Gasteiger partial charge in [-0.05, 0) is 72.8 Å². The van der Waals surface area contributed by atoms with E-state index in [9.17, 15) is 17.3 Å². The van der Waals surface area contributed by atoms with E-state index in [0.717, 1.165) is 0 Å². The Balaban J connectivity index is 0.000000332. The second-order valence-corrected chi connectivity index (χ2v) is 15.9. The maximum atomic E-state index is 9.75. The molecule has 0 unspecified atom stereocenters. The summed E-state index contributed by atoms with van der Waals surface area (Å²) in [6, 6.07) is 66.9. The first-order valence-corrected chi connectivity index (χ1v) is 19.4. The molecule has 0 heterocycles. The molecule has 0 spiro atoms. The predicted octanol–water partition coefficient (Wildman–Crippen LogP) is 9.52. The fourth-order valence-electron chi connectivity index (χ4n) is 4.94. The maximum Gasteiger partial charge on any atom is 0.673 e. The van der Waals surface area contributed by atoms with Crippen molar-refractivity contribution < 1.29 is 37.7 Å². The van der Waals surface area contributed by atoms with E-state index in [1.165, 1.54) is 40.0 Å². The minimum absolute atomic E-state index is 0. The molecule has 0 bridgehead atoms. The third kappa shape index (κ3) is 17.9. The van der Waals surface area contributed by atoms with E-state index in [0.29, 0.717) is 11.1 Å². The zero-order chi connectivity index (χ0) is 35.9. The van der Waals surface area contributed by atoms with Crippen LogP contribution in [0.3, 0.4) is 0 Å². The molecule has 0 fully saturated rings. The molecular weight excluding hydrogens is 776 g/mol. The van der Waals surface area contributed by atoms with Gasteiger partial charge in [-0.15, -0.1) is 0 Å². The standard InChI is InChI=1S/C27H26P2.2C7H5N.BF4.Pd/c1-5-14-24(15-6-1)28(25-16-7-2-8-17-25)22-13-23-29(26-18-9-3-10-19-26)27-20-11-4-12-21-27;2*8-6-7-4-2-1-3-5-7;2-1(3,4)5;/h1-12,14-21H,13,22-23H2;2*1-5H;;/q;;;-1;/p+2. The van der Waals surface area contributed by atoms with E-state index in [2.05, 4.69) is 121 Å². The smallest absolute Gasteiger partial charge is 0.418 e. The van der Waals surface area contributed by atoms with Gasteiger partial charge in [-0.25, -0.2) is 0 Å². The monoisotopic (exact) mass is 813 g/mol. The van der Waals surface area contributed by atoms with Crippen molar-refractivity contribution in [3.05, 3.63) is 193 Å². The summed E-state index contributed by atoms with van der Waals surface area (Å²) in [6.07, 6.45) is 3.84. The molecule has 10 heteroatoms. The average Bonchev–Trinajstić information content (AvgIpc) is 3.17. The van der Waals surface area contributed by atoms with Gasteiger partial charge in [0.2, 0.25) is 0 Å². The van der Waals surface area contributed by atoms with Crippen molar-refractivity contribution >= 4 is 44.3 Å². The number of nitrogens with zero attached hydrogens (tertiary/aromatic N) is 2. The molecule has 0 amide bonds. The van der Waals surface area contributed by atoms with Crippen LogP contribution < -0.4 is 21.2 Å². The first-order valence-electron chi connectivity index (χ1n) is 16.0. The first-order chi connectivity index (χ1) is 24.3. The largest absolute Gasteiger partial charge is 0.673 e. The number of rotatable bonds is 8. The molecular formula is C41H38BF4N2P2Pd+. The van der Waals surface area contributed by atoms with Crippen molar-refractivity contribution in [1.29, 1.82) is 10.5 Å². The quantitative estimate of drug-likeness (QED) is 0.0874. The summed E-state index contributed by atoms with van der Waals surface area (Å²) < 4.78 is 39.0. The van der Waals surface area contributed by atoms with E-state index >= 15 is 0 Å². The molecule has 51 heavy (non-hydrogen) atoms. The van der Waals surface area contributed by atoms with Gasteiger partial charge in [0, 0.05) is 26.8 Å². The molecule has 0 saturated heterocycles. The van der Waals surface area contributed by atoms with Crippen LogP contribution >= 0.6 is 15.8 Å². The van der Waals surface area contributed by atoms with Crippen molar-refractivity contribution in [3.63, 3.8) is 0 Å². The molecule has 2 nitrogen and oxygen atoms in total. The molecule has 0 saturated carbocycles. The molecule has 0 aliphatic rings. The summed E-state index contributed by atoms with van der Waals surface area (Å²) in [7, 11) is -7.48. The number of halogens is 4. The van der Waals surface area contributed by atoms with E-state index in [1.54, 1.807) is 24.3 Å². The SMILES string of the molecule is F[B-](F)(F)F.N#Cc1ccccc1.N#Cc1ccccc1.[Pd].c1ccc([PH+](CCC[PH+](c2ccccc2)c2ccccc2)c2ccccc2)cc1. The molecule has 0 aromatic heterocycles.